The first-order chi connectivity index (χ1) is 9.78. The molecule has 1 heterocycles. The molecule has 1 fully saturated rings. The number of nitrogens with one attached hydrogen (secondary N) is 1. The third-order valence-electron chi connectivity index (χ3n) is 3.94. The second-order valence-corrected chi connectivity index (χ2v) is 6.94. The van der Waals surface area contributed by atoms with E-state index in [-0.39, 0.29) is 0 Å². The van der Waals surface area contributed by atoms with Gasteiger partial charge < -0.3 is 10.1 Å². The number of halogens is 1. The van der Waals surface area contributed by atoms with Gasteiger partial charge >= 0.3 is 0 Å². The Morgan fingerprint density at radius 2 is 2.15 bits per heavy atom. The van der Waals surface area contributed by atoms with Gasteiger partial charge in [0, 0.05) is 16.2 Å². The molecule has 1 aromatic carbocycles. The maximum Gasteiger partial charge on any atom is 0.0576 e. The highest BCUT2D eigenvalue weighted by molar-refractivity contribution is 14.1. The minimum absolute atomic E-state index is 0.512. The molecule has 3 heteroatoms. The number of rotatable bonds is 8. The molecule has 2 nitrogen and oxygen atoms in total. The summed E-state index contributed by atoms with van der Waals surface area (Å²) in [4.78, 5) is 0. The molecule has 20 heavy (non-hydrogen) atoms. The molecule has 2 unspecified atom stereocenters. The average molecular weight is 387 g/mol. The molecule has 0 bridgehead atoms. The van der Waals surface area contributed by atoms with Crippen LogP contribution in [0, 0.1) is 3.57 Å². The third-order valence-corrected chi connectivity index (χ3v) is 4.66. The van der Waals surface area contributed by atoms with Crippen molar-refractivity contribution in [2.75, 3.05) is 13.2 Å². The van der Waals surface area contributed by atoms with E-state index in [0.29, 0.717) is 12.1 Å². The van der Waals surface area contributed by atoms with E-state index in [1.54, 1.807) is 0 Å². The summed E-state index contributed by atoms with van der Waals surface area (Å²) in [6.45, 7) is 4.31. The molecule has 0 aromatic heterocycles. The Morgan fingerprint density at radius 3 is 2.80 bits per heavy atom. The summed E-state index contributed by atoms with van der Waals surface area (Å²) in [5.41, 5.74) is 1.44. The normalized spacial score (nSPS) is 20.2. The molecule has 0 spiro atoms. The highest BCUT2D eigenvalue weighted by Gasteiger charge is 2.17. The van der Waals surface area contributed by atoms with Crippen LogP contribution >= 0.6 is 22.6 Å². The Labute approximate surface area is 136 Å². The van der Waals surface area contributed by atoms with Crippen molar-refractivity contribution in [1.82, 2.24) is 5.32 Å². The van der Waals surface area contributed by atoms with Crippen LogP contribution in [-0.4, -0.2) is 25.3 Å². The van der Waals surface area contributed by atoms with Crippen LogP contribution in [0.1, 0.15) is 44.6 Å². The molecular formula is C17H26INO. The van der Waals surface area contributed by atoms with E-state index in [0.717, 1.165) is 19.6 Å². The molecule has 2 rings (SSSR count). The van der Waals surface area contributed by atoms with Gasteiger partial charge in [0.2, 0.25) is 0 Å². The first-order valence-electron chi connectivity index (χ1n) is 7.87. The van der Waals surface area contributed by atoms with Crippen LogP contribution in [0.4, 0.5) is 0 Å². The Kier molecular flexibility index (Phi) is 7.31. The zero-order valence-electron chi connectivity index (χ0n) is 12.4. The standard InChI is InChI=1S/C17H26INO/c1-2-11-19-16(9-10-17-4-3-12-20-17)13-14-5-7-15(18)8-6-14/h5-8,16-17,19H,2-4,9-13H2,1H3. The maximum absolute atomic E-state index is 5.74. The van der Waals surface area contributed by atoms with Crippen molar-refractivity contribution in [2.45, 2.75) is 57.6 Å². The van der Waals surface area contributed by atoms with Gasteiger partial charge in [-0.25, -0.2) is 0 Å². The topological polar surface area (TPSA) is 21.3 Å². The molecule has 1 saturated heterocycles. The molecule has 0 amide bonds. The summed E-state index contributed by atoms with van der Waals surface area (Å²) in [6.07, 6.45) is 7.76. The Hall–Kier alpha value is -0.130. The quantitative estimate of drug-likeness (QED) is 0.677. The van der Waals surface area contributed by atoms with Crippen molar-refractivity contribution in [3.8, 4) is 0 Å². The fourth-order valence-electron chi connectivity index (χ4n) is 2.79. The van der Waals surface area contributed by atoms with Gasteiger partial charge in [0.15, 0.2) is 0 Å². The summed E-state index contributed by atoms with van der Waals surface area (Å²) in [7, 11) is 0. The minimum Gasteiger partial charge on any atom is -0.378 e. The zero-order chi connectivity index (χ0) is 14.2. The predicted molar refractivity (Wildman–Crippen MR) is 93.2 cm³/mol. The highest BCUT2D eigenvalue weighted by atomic mass is 127. The number of ether oxygens (including phenoxy) is 1. The van der Waals surface area contributed by atoms with Crippen molar-refractivity contribution in [2.24, 2.45) is 0 Å². The van der Waals surface area contributed by atoms with E-state index in [2.05, 4.69) is 59.1 Å². The molecular weight excluding hydrogens is 361 g/mol. The molecule has 0 radical (unpaired) electrons. The number of hydrogen-bond acceptors (Lipinski definition) is 2. The molecule has 0 aliphatic carbocycles. The summed E-state index contributed by atoms with van der Waals surface area (Å²) in [5, 5.41) is 3.70. The van der Waals surface area contributed by atoms with Crippen LogP contribution in [0.25, 0.3) is 0 Å². The van der Waals surface area contributed by atoms with Crippen LogP contribution in [0.3, 0.4) is 0 Å². The third kappa shape index (κ3) is 5.70. The van der Waals surface area contributed by atoms with Crippen molar-refractivity contribution >= 4 is 22.6 Å². The minimum atomic E-state index is 0.512. The van der Waals surface area contributed by atoms with E-state index >= 15 is 0 Å². The molecule has 1 aliphatic heterocycles. The molecule has 1 aliphatic rings. The van der Waals surface area contributed by atoms with Gasteiger partial charge in [0.1, 0.15) is 0 Å². The number of hydrogen-bond donors (Lipinski definition) is 1. The Bertz CT molecular complexity index is 373. The Morgan fingerprint density at radius 1 is 1.35 bits per heavy atom. The van der Waals surface area contributed by atoms with Crippen LogP contribution in [0.5, 0.6) is 0 Å². The molecule has 0 saturated carbocycles. The smallest absolute Gasteiger partial charge is 0.0576 e. The summed E-state index contributed by atoms with van der Waals surface area (Å²) in [6, 6.07) is 9.50. The Balaban J connectivity index is 1.83. The van der Waals surface area contributed by atoms with Crippen LogP contribution in [-0.2, 0) is 11.2 Å². The summed E-state index contributed by atoms with van der Waals surface area (Å²) < 4.78 is 7.05. The lowest BCUT2D eigenvalue weighted by atomic mass is 9.99. The van der Waals surface area contributed by atoms with E-state index < -0.39 is 0 Å². The van der Waals surface area contributed by atoms with Gasteiger partial charge in [-0.2, -0.15) is 0 Å². The van der Waals surface area contributed by atoms with Crippen molar-refractivity contribution < 1.29 is 4.74 Å². The monoisotopic (exact) mass is 387 g/mol. The fourth-order valence-corrected chi connectivity index (χ4v) is 3.15. The van der Waals surface area contributed by atoms with E-state index in [9.17, 15) is 0 Å². The van der Waals surface area contributed by atoms with Gasteiger partial charge in [0.25, 0.3) is 0 Å². The second kappa shape index (κ2) is 9.00. The molecule has 1 N–H and O–H groups in total. The summed E-state index contributed by atoms with van der Waals surface area (Å²) >= 11 is 2.36. The van der Waals surface area contributed by atoms with Crippen LogP contribution in [0.2, 0.25) is 0 Å². The van der Waals surface area contributed by atoms with Crippen molar-refractivity contribution in [1.29, 1.82) is 0 Å². The molecule has 112 valence electrons. The fraction of sp³-hybridized carbons (Fsp3) is 0.647. The lowest BCUT2D eigenvalue weighted by Gasteiger charge is -2.20. The first-order valence-corrected chi connectivity index (χ1v) is 8.95. The van der Waals surface area contributed by atoms with E-state index in [4.69, 9.17) is 4.74 Å². The molecule has 1 aromatic rings. The number of benzene rings is 1. The van der Waals surface area contributed by atoms with Crippen molar-refractivity contribution in [3.05, 3.63) is 33.4 Å². The van der Waals surface area contributed by atoms with Gasteiger partial charge in [-0.3, -0.25) is 0 Å². The highest BCUT2D eigenvalue weighted by Crippen LogP contribution is 2.19. The van der Waals surface area contributed by atoms with Crippen molar-refractivity contribution in [3.63, 3.8) is 0 Å². The first kappa shape index (κ1) is 16.2. The lowest BCUT2D eigenvalue weighted by molar-refractivity contribution is 0.0995. The lowest BCUT2D eigenvalue weighted by Crippen LogP contribution is -2.32. The average Bonchev–Trinajstić information content (AvgIpc) is 2.97. The van der Waals surface area contributed by atoms with Crippen LogP contribution in [0.15, 0.2) is 24.3 Å². The predicted octanol–water partition coefficient (Wildman–Crippen LogP) is 4.16. The van der Waals surface area contributed by atoms with Gasteiger partial charge in [-0.1, -0.05) is 19.1 Å². The largest absolute Gasteiger partial charge is 0.378 e. The second-order valence-electron chi connectivity index (χ2n) is 5.69. The summed E-state index contributed by atoms with van der Waals surface area (Å²) in [5.74, 6) is 0. The van der Waals surface area contributed by atoms with E-state index in [1.807, 2.05) is 0 Å². The SMILES string of the molecule is CCCNC(CCC1CCCO1)Cc1ccc(I)cc1. The van der Waals surface area contributed by atoms with E-state index in [1.165, 1.54) is 41.2 Å². The maximum atomic E-state index is 5.74. The van der Waals surface area contributed by atoms with Gasteiger partial charge in [-0.05, 0) is 85.4 Å². The molecule has 2 atom stereocenters. The van der Waals surface area contributed by atoms with Gasteiger partial charge in [0.05, 0.1) is 6.10 Å². The van der Waals surface area contributed by atoms with Gasteiger partial charge in [-0.15, -0.1) is 0 Å². The van der Waals surface area contributed by atoms with Crippen LogP contribution < -0.4 is 5.32 Å². The zero-order valence-corrected chi connectivity index (χ0v) is 14.6.